The molecule has 2 aromatic carbocycles. The number of carbonyl (C=O) groups is 4. The molecule has 1 fully saturated rings. The smallest absolute Gasteiger partial charge is 0.349 e. The van der Waals surface area contributed by atoms with Gasteiger partial charge in [0.1, 0.15) is 45.3 Å². The first kappa shape index (κ1) is 27.0. The van der Waals surface area contributed by atoms with E-state index in [2.05, 4.69) is 10.6 Å². The first-order valence-electron chi connectivity index (χ1n) is 11.9. The van der Waals surface area contributed by atoms with Crippen molar-refractivity contribution in [1.82, 2.24) is 15.5 Å². The summed E-state index contributed by atoms with van der Waals surface area (Å²) in [5, 5.41) is 3.83. The van der Waals surface area contributed by atoms with Gasteiger partial charge in [-0.15, -0.1) is 0 Å². The summed E-state index contributed by atoms with van der Waals surface area (Å²) in [5.41, 5.74) is 2.49. The van der Waals surface area contributed by atoms with Crippen LogP contribution in [0.5, 0.6) is 0 Å². The molecule has 186 valence electrons. The van der Waals surface area contributed by atoms with Crippen molar-refractivity contribution in [2.75, 3.05) is 0 Å². The van der Waals surface area contributed by atoms with Crippen LogP contribution in [0, 0.1) is 0 Å². The van der Waals surface area contributed by atoms with Crippen LogP contribution < -0.4 is 21.6 Å². The number of amides is 4. The number of nitrogens with one attached hydrogen (secondary N) is 2. The van der Waals surface area contributed by atoms with E-state index in [1.807, 2.05) is 0 Å². The maximum Gasteiger partial charge on any atom is 0.349 e. The molecule has 2 aromatic rings. The van der Waals surface area contributed by atoms with Gasteiger partial charge >= 0.3 is 5.92 Å². The SMILES string of the molecule is Bc1cc(C(B)(B)NC(=O)C(F)(F)c2ccc(Cl)cc2)c(B)c2c1C(=O)N(C1CCC(=O)NC1=O)C2B. The highest BCUT2D eigenvalue weighted by atomic mass is 35.5. The molecule has 2 aliphatic heterocycles. The number of nitrogens with zero attached hydrogens (tertiary/aromatic N) is 1. The zero-order chi connectivity index (χ0) is 27.4. The van der Waals surface area contributed by atoms with E-state index in [-0.39, 0.29) is 29.7 Å². The molecule has 2 atom stereocenters. The van der Waals surface area contributed by atoms with Crippen LogP contribution in [0.4, 0.5) is 8.78 Å². The largest absolute Gasteiger partial charge is 0.357 e. The summed E-state index contributed by atoms with van der Waals surface area (Å²) in [6.45, 7) is 0. The third kappa shape index (κ3) is 4.60. The number of piperidine rings is 1. The number of benzene rings is 2. The number of carbonyl (C=O) groups excluding carboxylic acids is 4. The van der Waals surface area contributed by atoms with Crippen LogP contribution in [0.3, 0.4) is 0 Å². The highest BCUT2D eigenvalue weighted by molar-refractivity contribution is 6.47. The van der Waals surface area contributed by atoms with Gasteiger partial charge in [0.05, 0.1) is 0 Å². The van der Waals surface area contributed by atoms with Crippen LogP contribution in [0.2, 0.25) is 5.02 Å². The molecule has 0 radical (unpaired) electrons. The van der Waals surface area contributed by atoms with Gasteiger partial charge in [0, 0.05) is 33.8 Å². The number of imide groups is 1. The van der Waals surface area contributed by atoms with Gasteiger partial charge in [0.2, 0.25) is 11.8 Å². The Labute approximate surface area is 222 Å². The lowest BCUT2D eigenvalue weighted by atomic mass is 9.54. The number of fused-ring (bicyclic) bond motifs is 1. The Bertz CT molecular complexity index is 1340. The second kappa shape index (κ2) is 9.38. The molecule has 7 nitrogen and oxygen atoms in total. The van der Waals surface area contributed by atoms with Gasteiger partial charge in [0.25, 0.3) is 11.8 Å². The van der Waals surface area contributed by atoms with Gasteiger partial charge in [-0.1, -0.05) is 40.7 Å². The molecule has 15 heteroatoms. The maximum atomic E-state index is 15.0. The molecule has 4 amide bonds. The zero-order valence-electron chi connectivity index (χ0n) is 21.2. The summed E-state index contributed by atoms with van der Waals surface area (Å²) >= 11 is 5.79. The Morgan fingerprint density at radius 1 is 1.14 bits per heavy atom. The van der Waals surface area contributed by atoms with E-state index < -0.39 is 40.6 Å². The van der Waals surface area contributed by atoms with Crippen LogP contribution in [-0.2, 0) is 25.6 Å². The predicted molar refractivity (Wildman–Crippen MR) is 149 cm³/mol. The highest BCUT2D eigenvalue weighted by Crippen LogP contribution is 2.35. The van der Waals surface area contributed by atoms with Gasteiger partial charge in [-0.25, -0.2) is 0 Å². The van der Waals surface area contributed by atoms with Crippen LogP contribution in [0.25, 0.3) is 0 Å². The lowest BCUT2D eigenvalue weighted by Gasteiger charge is -2.34. The van der Waals surface area contributed by atoms with E-state index in [1.54, 1.807) is 45.3 Å². The minimum Gasteiger partial charge on any atom is -0.357 e. The molecule has 2 heterocycles. The predicted octanol–water partition coefficient (Wildman–Crippen LogP) is -3.97. The molecule has 0 bridgehead atoms. The third-order valence-corrected chi connectivity index (χ3v) is 7.51. The summed E-state index contributed by atoms with van der Waals surface area (Å²) in [4.78, 5) is 51.8. The monoisotopic (exact) mass is 521 g/mol. The molecule has 37 heavy (non-hydrogen) atoms. The number of alkyl halides is 2. The molecule has 0 spiro atoms. The normalized spacial score (nSPS) is 20.0. The number of halogens is 3. The molecule has 2 unspecified atom stereocenters. The van der Waals surface area contributed by atoms with E-state index in [4.69, 9.17) is 11.6 Å². The van der Waals surface area contributed by atoms with Crippen LogP contribution >= 0.6 is 11.6 Å². The van der Waals surface area contributed by atoms with Crippen LogP contribution in [0.1, 0.15) is 45.8 Å². The van der Waals surface area contributed by atoms with Crippen molar-refractivity contribution in [2.45, 2.75) is 36.1 Å². The van der Waals surface area contributed by atoms with Gasteiger partial charge < -0.3 is 10.2 Å². The van der Waals surface area contributed by atoms with Crippen molar-refractivity contribution >= 4 is 85.4 Å². The Morgan fingerprint density at radius 2 is 1.76 bits per heavy atom. The van der Waals surface area contributed by atoms with E-state index in [1.165, 1.54) is 17.0 Å². The molecule has 1 saturated heterocycles. The standard InChI is InChI=1S/C22H23B5ClF2N3O4/c23-11-7-10(22(26,27)32-20(37)21(29,30)8-1-3-9(28)4-2-8)16(24)15-14(11)19(36)33(17(15)25)12-5-6-13(34)31-18(12)35/h1-4,7,12,17H,5-6,23-27H2,(H,32,37)(H,31,34,35). The molecule has 0 aromatic heterocycles. The Hall–Kier alpha value is -3.01. The van der Waals surface area contributed by atoms with Gasteiger partial charge in [-0.3, -0.25) is 24.5 Å². The Balaban J connectivity index is 1.67. The zero-order valence-corrected chi connectivity index (χ0v) is 21.9. The second-order valence-corrected chi connectivity index (χ2v) is 10.6. The lowest BCUT2D eigenvalue weighted by Crippen LogP contribution is -2.54. The van der Waals surface area contributed by atoms with Gasteiger partial charge in [0.15, 0.2) is 0 Å². The quantitative estimate of drug-likeness (QED) is 0.311. The van der Waals surface area contributed by atoms with Crippen molar-refractivity contribution < 1.29 is 28.0 Å². The van der Waals surface area contributed by atoms with Crippen molar-refractivity contribution in [3.05, 3.63) is 57.6 Å². The number of hydrogen-bond acceptors (Lipinski definition) is 4. The summed E-state index contributed by atoms with van der Waals surface area (Å²) in [6, 6.07) is 5.73. The van der Waals surface area contributed by atoms with E-state index in [9.17, 15) is 28.0 Å². The van der Waals surface area contributed by atoms with Crippen molar-refractivity contribution in [3.63, 3.8) is 0 Å². The first-order valence-corrected chi connectivity index (χ1v) is 12.3. The number of rotatable bonds is 5. The molecular formula is C22H23B5ClF2N3O4. The fraction of sp³-hybridized carbons (Fsp3) is 0.273. The summed E-state index contributed by atoms with van der Waals surface area (Å²) in [5.74, 6) is -6.97. The average Bonchev–Trinajstić information content (AvgIpc) is 3.07. The maximum absolute atomic E-state index is 15.0. The Morgan fingerprint density at radius 3 is 2.35 bits per heavy atom. The lowest BCUT2D eigenvalue weighted by molar-refractivity contribution is -0.147. The van der Waals surface area contributed by atoms with E-state index >= 15 is 0 Å². The van der Waals surface area contributed by atoms with E-state index in [0.29, 0.717) is 27.6 Å². The molecule has 2 N–H and O–H groups in total. The molecule has 4 rings (SSSR count). The van der Waals surface area contributed by atoms with Gasteiger partial charge in [-0.05, 0) is 29.7 Å². The fourth-order valence-electron chi connectivity index (χ4n) is 5.42. The molecule has 0 aliphatic carbocycles. The molecule has 0 saturated carbocycles. The summed E-state index contributed by atoms with van der Waals surface area (Å²) in [6.07, 6.45) is 0.356. The Kier molecular flexibility index (Phi) is 6.86. The van der Waals surface area contributed by atoms with Crippen molar-refractivity contribution in [2.24, 2.45) is 0 Å². The number of hydrogen-bond donors (Lipinski definition) is 2. The van der Waals surface area contributed by atoms with E-state index in [0.717, 1.165) is 12.1 Å². The van der Waals surface area contributed by atoms with Gasteiger partial charge in [-0.2, -0.15) is 8.78 Å². The summed E-state index contributed by atoms with van der Waals surface area (Å²) in [7, 11) is 8.55. The van der Waals surface area contributed by atoms with Crippen molar-refractivity contribution in [3.8, 4) is 0 Å². The van der Waals surface area contributed by atoms with Crippen molar-refractivity contribution in [1.29, 1.82) is 0 Å². The summed E-state index contributed by atoms with van der Waals surface area (Å²) < 4.78 is 30.0. The highest BCUT2D eigenvalue weighted by Gasteiger charge is 2.46. The molecule has 2 aliphatic rings. The topological polar surface area (TPSA) is 95.6 Å². The second-order valence-electron chi connectivity index (χ2n) is 10.2. The fourth-order valence-corrected chi connectivity index (χ4v) is 5.55. The average molecular weight is 521 g/mol. The van der Waals surface area contributed by atoms with Crippen LogP contribution in [-0.4, -0.2) is 73.8 Å². The first-order chi connectivity index (χ1) is 17.2. The third-order valence-electron chi connectivity index (χ3n) is 7.25. The minimum absolute atomic E-state index is 0.132. The minimum atomic E-state index is -3.80. The van der Waals surface area contributed by atoms with Crippen LogP contribution in [0.15, 0.2) is 30.3 Å². The molecular weight excluding hydrogens is 498 g/mol.